The van der Waals surface area contributed by atoms with Crippen LogP contribution in [0, 0.1) is 5.92 Å². The number of aliphatic hydroxyl groups excluding tert-OH is 1. The zero-order valence-electron chi connectivity index (χ0n) is 19.3. The van der Waals surface area contributed by atoms with E-state index in [1.54, 1.807) is 7.11 Å². The molecule has 8 nitrogen and oxygen atoms in total. The van der Waals surface area contributed by atoms with Crippen LogP contribution in [0.2, 0.25) is 0 Å². The Labute approximate surface area is 185 Å². The number of aliphatic hydroxyl groups is 2. The van der Waals surface area contributed by atoms with Gasteiger partial charge in [-0.15, -0.1) is 0 Å². The van der Waals surface area contributed by atoms with Crippen LogP contribution in [0.5, 0.6) is 0 Å². The molecule has 6 atom stereocenters. The minimum Gasteiger partial charge on any atom is -0.443 e. The fourth-order valence-electron chi connectivity index (χ4n) is 5.52. The molecule has 3 fully saturated rings. The fraction of sp³-hybridized carbons (Fsp3) is 0.870. The second-order valence-corrected chi connectivity index (χ2v) is 10.0. The predicted octanol–water partition coefficient (Wildman–Crippen LogP) is 2.01. The first-order chi connectivity index (χ1) is 14.6. The third kappa shape index (κ3) is 5.25. The Morgan fingerprint density at radius 2 is 1.97 bits per heavy atom. The highest BCUT2D eigenvalue weighted by atomic mass is 16.6. The maximum absolute atomic E-state index is 12.6. The number of alkyl carbamates (subject to hydrolysis) is 1. The molecule has 1 aliphatic heterocycles. The Hall–Kier alpha value is -1.19. The number of fused-ring (bicyclic) bond motifs is 1. The highest BCUT2D eigenvalue weighted by Crippen LogP contribution is 2.51. The van der Waals surface area contributed by atoms with E-state index in [9.17, 15) is 15.0 Å². The molecule has 0 spiro atoms. The summed E-state index contributed by atoms with van der Waals surface area (Å²) in [6.07, 6.45) is 4.33. The number of rotatable bonds is 6. The molecular weight excluding hydrogens is 400 g/mol. The molecule has 0 aromatic rings. The van der Waals surface area contributed by atoms with Gasteiger partial charge in [0.05, 0.1) is 29.8 Å². The van der Waals surface area contributed by atoms with Gasteiger partial charge in [-0.2, -0.15) is 0 Å². The summed E-state index contributed by atoms with van der Waals surface area (Å²) in [6, 6.07) is 0.278. The minimum absolute atomic E-state index is 0.0693. The molecule has 0 radical (unpaired) electrons. The number of hydrogen-bond donors (Lipinski definition) is 4. The van der Waals surface area contributed by atoms with E-state index in [1.807, 2.05) is 26.8 Å². The van der Waals surface area contributed by atoms with Crippen molar-refractivity contribution in [2.45, 2.75) is 107 Å². The lowest BCUT2D eigenvalue weighted by Crippen LogP contribution is -2.62. The first kappa shape index (κ1) is 24.5. The van der Waals surface area contributed by atoms with Crippen LogP contribution in [-0.4, -0.2) is 71.6 Å². The SMILES string of the molecule is COC1C(OC(=O)N[C@H]2CC[C@H](N)CC2)CCC2(O)COC(C)(C(O)CC=C(C)C)C12. The van der Waals surface area contributed by atoms with Gasteiger partial charge in [0.2, 0.25) is 0 Å². The van der Waals surface area contributed by atoms with Crippen LogP contribution in [-0.2, 0) is 14.2 Å². The number of amides is 1. The van der Waals surface area contributed by atoms with Gasteiger partial charge in [-0.25, -0.2) is 4.79 Å². The molecule has 0 aromatic heterocycles. The molecule has 2 aliphatic carbocycles. The van der Waals surface area contributed by atoms with Gasteiger partial charge in [0, 0.05) is 19.2 Å². The van der Waals surface area contributed by atoms with Crippen molar-refractivity contribution in [1.29, 1.82) is 0 Å². The maximum Gasteiger partial charge on any atom is 0.407 e. The average Bonchev–Trinajstić information content (AvgIpc) is 3.00. The Kier molecular flexibility index (Phi) is 7.69. The molecule has 2 saturated carbocycles. The van der Waals surface area contributed by atoms with Crippen molar-refractivity contribution in [1.82, 2.24) is 5.32 Å². The monoisotopic (exact) mass is 440 g/mol. The second-order valence-electron chi connectivity index (χ2n) is 10.0. The summed E-state index contributed by atoms with van der Waals surface area (Å²) in [5.74, 6) is -0.523. The van der Waals surface area contributed by atoms with Gasteiger partial charge < -0.3 is 35.5 Å². The number of allylic oxidation sites excluding steroid dienone is 1. The summed E-state index contributed by atoms with van der Waals surface area (Å²) in [5.41, 5.74) is 4.90. The van der Waals surface area contributed by atoms with E-state index in [4.69, 9.17) is 19.9 Å². The summed E-state index contributed by atoms with van der Waals surface area (Å²) in [6.45, 7) is 5.89. The molecule has 0 aromatic carbocycles. The molecule has 1 amide bonds. The van der Waals surface area contributed by atoms with Gasteiger partial charge in [0.1, 0.15) is 12.2 Å². The molecule has 3 rings (SSSR count). The number of ether oxygens (including phenoxy) is 3. The first-order valence-corrected chi connectivity index (χ1v) is 11.5. The summed E-state index contributed by atoms with van der Waals surface area (Å²) in [7, 11) is 1.55. The van der Waals surface area contributed by atoms with Crippen molar-refractivity contribution in [3.63, 3.8) is 0 Å². The summed E-state index contributed by atoms with van der Waals surface area (Å²) in [5, 5.41) is 25.2. The second kappa shape index (κ2) is 9.75. The average molecular weight is 441 g/mol. The normalized spacial score (nSPS) is 41.2. The molecule has 1 heterocycles. The van der Waals surface area contributed by atoms with E-state index in [-0.39, 0.29) is 18.7 Å². The molecule has 3 aliphatic rings. The third-order valence-corrected chi connectivity index (χ3v) is 7.42. The van der Waals surface area contributed by atoms with Crippen LogP contribution in [0.15, 0.2) is 11.6 Å². The van der Waals surface area contributed by atoms with E-state index < -0.39 is 41.5 Å². The van der Waals surface area contributed by atoms with Crippen molar-refractivity contribution >= 4 is 6.09 Å². The van der Waals surface area contributed by atoms with E-state index in [1.165, 1.54) is 0 Å². The Balaban J connectivity index is 1.70. The number of nitrogens with two attached hydrogens (primary N) is 1. The van der Waals surface area contributed by atoms with Crippen LogP contribution < -0.4 is 11.1 Å². The van der Waals surface area contributed by atoms with Crippen molar-refractivity contribution in [3.8, 4) is 0 Å². The molecule has 178 valence electrons. The lowest BCUT2D eigenvalue weighted by Gasteiger charge is -2.48. The van der Waals surface area contributed by atoms with E-state index >= 15 is 0 Å². The fourth-order valence-corrected chi connectivity index (χ4v) is 5.52. The topological polar surface area (TPSA) is 123 Å². The summed E-state index contributed by atoms with van der Waals surface area (Å²) in [4.78, 5) is 12.6. The largest absolute Gasteiger partial charge is 0.443 e. The van der Waals surface area contributed by atoms with Gasteiger partial charge in [-0.3, -0.25) is 0 Å². The lowest BCUT2D eigenvalue weighted by molar-refractivity contribution is -0.179. The lowest BCUT2D eigenvalue weighted by atomic mass is 9.65. The van der Waals surface area contributed by atoms with Crippen molar-refractivity contribution < 1.29 is 29.2 Å². The number of carbonyl (C=O) groups excluding carboxylic acids is 1. The summed E-state index contributed by atoms with van der Waals surface area (Å²) >= 11 is 0. The smallest absolute Gasteiger partial charge is 0.407 e. The molecule has 1 saturated heterocycles. The molecule has 8 heteroatoms. The van der Waals surface area contributed by atoms with Crippen molar-refractivity contribution in [3.05, 3.63) is 11.6 Å². The van der Waals surface area contributed by atoms with Gasteiger partial charge in [0.25, 0.3) is 0 Å². The summed E-state index contributed by atoms with van der Waals surface area (Å²) < 4.78 is 17.6. The molecule has 31 heavy (non-hydrogen) atoms. The van der Waals surface area contributed by atoms with E-state index in [0.717, 1.165) is 31.3 Å². The van der Waals surface area contributed by atoms with Crippen LogP contribution in [0.4, 0.5) is 4.79 Å². The molecule has 5 N–H and O–H groups in total. The number of hydrogen-bond acceptors (Lipinski definition) is 7. The number of carbonyl (C=O) groups is 1. The Bertz CT molecular complexity index is 660. The third-order valence-electron chi connectivity index (χ3n) is 7.42. The van der Waals surface area contributed by atoms with Gasteiger partial charge in [0.15, 0.2) is 0 Å². The van der Waals surface area contributed by atoms with Crippen LogP contribution in [0.3, 0.4) is 0 Å². The number of methoxy groups -OCH3 is 1. The Morgan fingerprint density at radius 3 is 2.58 bits per heavy atom. The van der Waals surface area contributed by atoms with E-state index in [0.29, 0.717) is 19.3 Å². The zero-order valence-corrected chi connectivity index (χ0v) is 19.3. The first-order valence-electron chi connectivity index (χ1n) is 11.5. The van der Waals surface area contributed by atoms with Crippen LogP contribution in [0.25, 0.3) is 0 Å². The van der Waals surface area contributed by atoms with Crippen molar-refractivity contribution in [2.24, 2.45) is 11.7 Å². The Morgan fingerprint density at radius 1 is 1.29 bits per heavy atom. The van der Waals surface area contributed by atoms with Crippen molar-refractivity contribution in [2.75, 3.05) is 13.7 Å². The highest BCUT2D eigenvalue weighted by molar-refractivity contribution is 5.68. The van der Waals surface area contributed by atoms with Crippen LogP contribution in [0.1, 0.15) is 65.7 Å². The molecule has 0 bridgehead atoms. The minimum atomic E-state index is -1.13. The van der Waals surface area contributed by atoms with Gasteiger partial charge in [-0.1, -0.05) is 11.6 Å². The van der Waals surface area contributed by atoms with Crippen LogP contribution >= 0.6 is 0 Å². The number of nitrogens with one attached hydrogen (secondary N) is 1. The standard InChI is InChI=1S/C23H40N2O6/c1-14(2)5-10-18(26)22(3)20-19(29-4)17(11-12-23(20,28)13-30-22)31-21(27)25-16-8-6-15(24)7-9-16/h5,15-20,26,28H,6-13,24H2,1-4H3,(H,25,27)/t15-,16-,17?,18?,19?,20?,22?,23?. The maximum atomic E-state index is 12.6. The zero-order chi connectivity index (χ0) is 22.8. The van der Waals surface area contributed by atoms with Gasteiger partial charge in [-0.05, 0) is 65.7 Å². The van der Waals surface area contributed by atoms with Gasteiger partial charge >= 0.3 is 6.09 Å². The highest BCUT2D eigenvalue weighted by Gasteiger charge is 2.64. The predicted molar refractivity (Wildman–Crippen MR) is 117 cm³/mol. The van der Waals surface area contributed by atoms with E-state index in [2.05, 4.69) is 5.32 Å². The quantitative estimate of drug-likeness (QED) is 0.466. The molecule has 6 unspecified atom stereocenters. The molecular formula is C23H40N2O6.